The molecule has 0 bridgehead atoms. The summed E-state index contributed by atoms with van der Waals surface area (Å²) in [5.74, 6) is -2.08. The van der Waals surface area contributed by atoms with Gasteiger partial charge < -0.3 is 20.2 Å². The number of pyridine rings is 1. The first-order valence-electron chi connectivity index (χ1n) is 21.3. The second-order valence-electron chi connectivity index (χ2n) is 15.3. The van der Waals surface area contributed by atoms with Crippen molar-refractivity contribution in [3.8, 4) is 0 Å². The van der Waals surface area contributed by atoms with Gasteiger partial charge in [-0.2, -0.15) is 8.78 Å². The Morgan fingerprint density at radius 3 is 1.93 bits per heavy atom. The molecular formula is C52H40F2N6O5S3. The number of hydrogen-bond donors (Lipinski definition) is 2. The second kappa shape index (κ2) is 21.1. The van der Waals surface area contributed by atoms with Gasteiger partial charge in [-0.15, -0.1) is 23.1 Å². The number of benzene rings is 5. The number of thiazole rings is 1. The molecule has 7 aromatic rings. The molecule has 68 heavy (non-hydrogen) atoms. The van der Waals surface area contributed by atoms with Crippen LogP contribution in [0.5, 0.6) is 0 Å². The summed E-state index contributed by atoms with van der Waals surface area (Å²) < 4.78 is 33.5. The minimum atomic E-state index is -3.36. The number of allylic oxidation sites excluding steroid dienone is 1. The van der Waals surface area contributed by atoms with E-state index in [1.807, 2.05) is 169 Å². The fourth-order valence-electron chi connectivity index (χ4n) is 8.01. The average molecular weight is 963 g/mol. The van der Waals surface area contributed by atoms with Crippen molar-refractivity contribution in [2.24, 2.45) is 5.16 Å². The zero-order valence-electron chi connectivity index (χ0n) is 35.8. The predicted octanol–water partition coefficient (Wildman–Crippen LogP) is 10.2. The number of alkyl halides is 2. The van der Waals surface area contributed by atoms with E-state index in [1.54, 1.807) is 18.5 Å². The second-order valence-corrected chi connectivity index (χ2v) is 18.2. The Morgan fingerprint density at radius 2 is 1.38 bits per heavy atom. The molecule has 2 aliphatic rings. The van der Waals surface area contributed by atoms with Crippen molar-refractivity contribution in [2.75, 3.05) is 11.1 Å². The van der Waals surface area contributed by atoms with Gasteiger partial charge in [0.2, 0.25) is 0 Å². The normalized spacial score (nSPS) is 16.1. The van der Waals surface area contributed by atoms with Gasteiger partial charge in [-0.05, 0) is 57.0 Å². The Balaban J connectivity index is 1.00. The molecule has 11 nitrogen and oxygen atoms in total. The maximum atomic E-state index is 14.5. The standard InChI is InChI=1S/C52H40F2N6O5S3/c53-50(54)65-59-42(41-33-68-51(56-41)58-52(37-21-10-3-11-22-37,38-23-12-4-13-24-38)39-25-14-5-15-26-39)46(61)57-43-47(62)60-44(36(32-67-48(43)60)28-30-66-40-27-16-29-55-31-40)49(63)64-45(34-17-6-1-7-18-34)35-19-8-2-9-20-35/h1-31,33,43,45,48,50H,32H2,(H,56,58)(H,57,61)/b30-28+,59-42+/t43?,48-/m1/s1. The minimum Gasteiger partial charge on any atom is -0.448 e. The highest BCUT2D eigenvalue weighted by Crippen LogP contribution is 2.43. The molecule has 2 aromatic heterocycles. The van der Waals surface area contributed by atoms with E-state index in [2.05, 4.69) is 25.6 Å². The van der Waals surface area contributed by atoms with Crippen LogP contribution >= 0.6 is 34.9 Å². The number of nitrogens with zero attached hydrogens (tertiary/aromatic N) is 4. The fourth-order valence-corrected chi connectivity index (χ4v) is 10.7. The molecule has 1 saturated heterocycles. The molecule has 0 radical (unpaired) electrons. The van der Waals surface area contributed by atoms with Crippen LogP contribution in [0.15, 0.2) is 214 Å². The summed E-state index contributed by atoms with van der Waals surface area (Å²) in [5, 5.41) is 12.7. The van der Waals surface area contributed by atoms with E-state index < -0.39 is 53.2 Å². The fraction of sp³-hybridized carbons (Fsp3) is 0.115. The highest BCUT2D eigenvalue weighted by Gasteiger charge is 2.55. The van der Waals surface area contributed by atoms with Gasteiger partial charge in [-0.25, -0.2) is 9.78 Å². The maximum absolute atomic E-state index is 14.5. The Labute approximate surface area is 403 Å². The van der Waals surface area contributed by atoms with E-state index in [9.17, 15) is 23.2 Å². The summed E-state index contributed by atoms with van der Waals surface area (Å²) in [7, 11) is 0. The lowest BCUT2D eigenvalue weighted by Crippen LogP contribution is -2.71. The number of thioether (sulfide) groups is 2. The van der Waals surface area contributed by atoms with Gasteiger partial charge in [0.25, 0.3) is 11.8 Å². The molecular weight excluding hydrogens is 923 g/mol. The summed E-state index contributed by atoms with van der Waals surface area (Å²) in [6.45, 7) is -3.36. The zero-order valence-corrected chi connectivity index (χ0v) is 38.3. The molecule has 340 valence electrons. The number of anilines is 1. The quantitative estimate of drug-likeness (QED) is 0.0227. The number of fused-ring (bicyclic) bond motifs is 1. The number of carbonyl (C=O) groups excluding carboxylic acids is 3. The zero-order chi connectivity index (χ0) is 46.9. The van der Waals surface area contributed by atoms with Crippen molar-refractivity contribution in [3.05, 3.63) is 238 Å². The molecule has 1 fully saturated rings. The number of carbonyl (C=O) groups is 3. The van der Waals surface area contributed by atoms with E-state index in [0.717, 1.165) is 44.0 Å². The van der Waals surface area contributed by atoms with Gasteiger partial charge >= 0.3 is 12.6 Å². The number of ether oxygens (including phenoxy) is 1. The third-order valence-electron chi connectivity index (χ3n) is 11.1. The third kappa shape index (κ3) is 9.83. The van der Waals surface area contributed by atoms with Crippen LogP contribution < -0.4 is 10.6 Å². The SMILES string of the molecule is O=C(OC(c1ccccc1)c1ccccc1)C1=C(/C=C/Sc2cccnc2)CS[C@@H]2C(NC(=O)/C(=N/OC(F)F)c3csc(NC(c4ccccc4)(c4ccccc4)c4ccccc4)n3)C(=O)N12. The molecule has 2 atom stereocenters. The molecule has 2 amide bonds. The summed E-state index contributed by atoms with van der Waals surface area (Å²) in [4.78, 5) is 58.5. The number of aromatic nitrogens is 2. The van der Waals surface area contributed by atoms with Crippen molar-refractivity contribution in [2.45, 2.75) is 34.6 Å². The first-order valence-corrected chi connectivity index (χ1v) is 24.1. The number of rotatable bonds is 17. The van der Waals surface area contributed by atoms with E-state index in [-0.39, 0.29) is 17.1 Å². The van der Waals surface area contributed by atoms with Crippen LogP contribution in [0, 0.1) is 0 Å². The number of halogens is 2. The number of amides is 2. The largest absolute Gasteiger partial charge is 0.448 e. The molecule has 9 rings (SSSR count). The van der Waals surface area contributed by atoms with Crippen LogP contribution in [0.3, 0.4) is 0 Å². The highest BCUT2D eigenvalue weighted by atomic mass is 32.2. The van der Waals surface area contributed by atoms with Gasteiger partial charge in [0, 0.05) is 28.4 Å². The van der Waals surface area contributed by atoms with Crippen LogP contribution in [0.25, 0.3) is 0 Å². The molecule has 2 N–H and O–H groups in total. The lowest BCUT2D eigenvalue weighted by molar-refractivity contribution is -0.154. The molecule has 0 aliphatic carbocycles. The van der Waals surface area contributed by atoms with Crippen molar-refractivity contribution >= 4 is 63.5 Å². The van der Waals surface area contributed by atoms with Crippen LogP contribution in [0.1, 0.15) is 39.6 Å². The molecule has 0 spiro atoms. The number of hydrogen-bond acceptors (Lipinski definition) is 12. The van der Waals surface area contributed by atoms with Crippen LogP contribution in [0.4, 0.5) is 13.9 Å². The Hall–Kier alpha value is -7.40. The molecule has 4 heterocycles. The van der Waals surface area contributed by atoms with Crippen LogP contribution in [-0.2, 0) is 29.5 Å². The summed E-state index contributed by atoms with van der Waals surface area (Å²) >= 11 is 3.84. The Kier molecular flexibility index (Phi) is 14.2. The minimum absolute atomic E-state index is 0.0213. The number of nitrogens with one attached hydrogen (secondary N) is 2. The van der Waals surface area contributed by atoms with E-state index in [4.69, 9.17) is 9.72 Å². The Bertz CT molecular complexity index is 2810. The van der Waals surface area contributed by atoms with Gasteiger partial charge in [-0.3, -0.25) is 19.5 Å². The highest BCUT2D eigenvalue weighted by molar-refractivity contribution is 8.02. The van der Waals surface area contributed by atoms with E-state index >= 15 is 0 Å². The van der Waals surface area contributed by atoms with Crippen molar-refractivity contribution in [1.82, 2.24) is 20.2 Å². The average Bonchev–Trinajstić information content (AvgIpc) is 3.85. The topological polar surface area (TPSA) is 135 Å². The number of esters is 1. The summed E-state index contributed by atoms with van der Waals surface area (Å²) in [5.41, 5.74) is 3.02. The van der Waals surface area contributed by atoms with Crippen molar-refractivity contribution < 1.29 is 32.7 Å². The lowest BCUT2D eigenvalue weighted by atomic mass is 9.77. The van der Waals surface area contributed by atoms with Crippen LogP contribution in [-0.4, -0.2) is 62.1 Å². The lowest BCUT2D eigenvalue weighted by Gasteiger charge is -2.49. The van der Waals surface area contributed by atoms with Gasteiger partial charge in [0.1, 0.15) is 28.3 Å². The van der Waals surface area contributed by atoms with E-state index in [1.165, 1.54) is 33.8 Å². The van der Waals surface area contributed by atoms with Gasteiger partial charge in [-0.1, -0.05) is 169 Å². The first-order chi connectivity index (χ1) is 33.3. The predicted molar refractivity (Wildman–Crippen MR) is 261 cm³/mol. The first kappa shape index (κ1) is 45.7. The van der Waals surface area contributed by atoms with E-state index in [0.29, 0.717) is 10.7 Å². The third-order valence-corrected chi connectivity index (χ3v) is 14.0. The smallest absolute Gasteiger partial charge is 0.407 e. The Morgan fingerprint density at radius 1 is 0.809 bits per heavy atom. The van der Waals surface area contributed by atoms with Crippen molar-refractivity contribution in [1.29, 1.82) is 0 Å². The maximum Gasteiger partial charge on any atom is 0.407 e. The van der Waals surface area contributed by atoms with Crippen molar-refractivity contribution in [3.63, 3.8) is 0 Å². The monoisotopic (exact) mass is 962 g/mol. The number of oxime groups is 1. The molecule has 2 aliphatic heterocycles. The van der Waals surface area contributed by atoms with Gasteiger partial charge in [0.05, 0.1) is 0 Å². The summed E-state index contributed by atoms with van der Waals surface area (Å²) in [6.07, 6.45) is 4.33. The van der Waals surface area contributed by atoms with Crippen LogP contribution in [0.2, 0.25) is 0 Å². The number of β-lactam (4-membered cyclic amide) rings is 1. The molecule has 1 unspecified atom stereocenters. The summed E-state index contributed by atoms with van der Waals surface area (Å²) in [6, 6.07) is 50.4. The molecule has 5 aromatic carbocycles. The molecule has 16 heteroatoms. The van der Waals surface area contributed by atoms with Gasteiger partial charge in [0.15, 0.2) is 16.9 Å². The molecule has 0 saturated carbocycles.